The Morgan fingerprint density at radius 1 is 1.24 bits per heavy atom. The number of hydrogen-bond donors (Lipinski definition) is 0. The van der Waals surface area contributed by atoms with Crippen molar-refractivity contribution < 1.29 is 18.9 Å². The van der Waals surface area contributed by atoms with E-state index in [2.05, 4.69) is 25.1 Å². The van der Waals surface area contributed by atoms with Crippen LogP contribution in [0.15, 0.2) is 24.3 Å². The van der Waals surface area contributed by atoms with Gasteiger partial charge in [0.2, 0.25) is 0 Å². The van der Waals surface area contributed by atoms with Crippen LogP contribution in [0.3, 0.4) is 0 Å². The van der Waals surface area contributed by atoms with Gasteiger partial charge >= 0.3 is 0 Å². The normalized spacial score (nSPS) is 40.7. The highest BCUT2D eigenvalue weighted by atomic mass is 16.7. The third-order valence-electron chi connectivity index (χ3n) is 7.31. The molecule has 2 saturated carbocycles. The number of benzene rings is 1. The second-order valence-electron chi connectivity index (χ2n) is 8.41. The number of epoxide rings is 1. The van der Waals surface area contributed by atoms with Crippen LogP contribution in [0.4, 0.5) is 0 Å². The molecule has 25 heavy (non-hydrogen) atoms. The van der Waals surface area contributed by atoms with Crippen LogP contribution in [0.2, 0.25) is 0 Å². The summed E-state index contributed by atoms with van der Waals surface area (Å²) in [5, 5.41) is 0. The van der Waals surface area contributed by atoms with Crippen LogP contribution >= 0.6 is 0 Å². The predicted molar refractivity (Wildman–Crippen MR) is 93.5 cm³/mol. The number of hydrogen-bond acceptors (Lipinski definition) is 4. The topological polar surface area (TPSA) is 40.2 Å². The molecule has 2 aliphatic carbocycles. The fourth-order valence-corrected chi connectivity index (χ4v) is 6.03. The molecule has 2 unspecified atom stereocenters. The number of methoxy groups -OCH3 is 1. The molecule has 1 aromatic carbocycles. The van der Waals surface area contributed by atoms with Gasteiger partial charge in [0.05, 0.1) is 32.5 Å². The van der Waals surface area contributed by atoms with Gasteiger partial charge in [0.15, 0.2) is 5.79 Å². The van der Waals surface area contributed by atoms with Gasteiger partial charge in [-0.3, -0.25) is 0 Å². The van der Waals surface area contributed by atoms with E-state index in [-0.39, 0.29) is 11.2 Å². The van der Waals surface area contributed by atoms with Crippen LogP contribution in [0.25, 0.3) is 0 Å². The Bertz CT molecular complexity index is 653. The molecular weight excluding hydrogens is 316 g/mol. The van der Waals surface area contributed by atoms with Gasteiger partial charge in [-0.2, -0.15) is 0 Å². The first kappa shape index (κ1) is 16.1. The molecule has 2 aliphatic heterocycles. The summed E-state index contributed by atoms with van der Waals surface area (Å²) in [7, 11) is 1.73. The number of aryl methyl sites for hydroxylation is 1. The van der Waals surface area contributed by atoms with E-state index >= 15 is 0 Å². The molecule has 1 spiro atoms. The molecule has 1 aromatic rings. The molecule has 4 nitrogen and oxygen atoms in total. The standard InChI is InChI=1S/C21H28O4/c1-20-13-18-19(25-18)16(7-6-14-4-3-5-15(12-14)22-2)17(20)8-9-21(20)23-10-11-24-21/h3-5,12,16-19H,6-11,13H2,1-2H3/t16-,17-,18?,19?,20-/m0/s1. The van der Waals surface area contributed by atoms with Crippen molar-refractivity contribution in [2.45, 2.75) is 57.0 Å². The lowest BCUT2D eigenvalue weighted by atomic mass is 9.61. The molecule has 0 amide bonds. The summed E-state index contributed by atoms with van der Waals surface area (Å²) in [6, 6.07) is 8.46. The fraction of sp³-hybridized carbons (Fsp3) is 0.714. The Morgan fingerprint density at radius 2 is 2.08 bits per heavy atom. The Hall–Kier alpha value is -1.10. The molecule has 2 heterocycles. The van der Waals surface area contributed by atoms with Crippen molar-refractivity contribution in [1.82, 2.24) is 0 Å². The summed E-state index contributed by atoms with van der Waals surface area (Å²) >= 11 is 0. The first-order valence-corrected chi connectivity index (χ1v) is 9.71. The second-order valence-corrected chi connectivity index (χ2v) is 8.41. The first-order valence-electron chi connectivity index (χ1n) is 9.71. The van der Waals surface area contributed by atoms with Gasteiger partial charge in [0.25, 0.3) is 0 Å². The maximum Gasteiger partial charge on any atom is 0.174 e. The second kappa shape index (κ2) is 5.70. The Kier molecular flexibility index (Phi) is 3.67. The zero-order valence-corrected chi connectivity index (χ0v) is 15.2. The largest absolute Gasteiger partial charge is 0.497 e. The predicted octanol–water partition coefficient (Wildman–Crippen LogP) is 3.57. The molecule has 0 bridgehead atoms. The minimum atomic E-state index is -0.344. The highest BCUT2D eigenvalue weighted by Crippen LogP contribution is 2.66. The Morgan fingerprint density at radius 3 is 2.88 bits per heavy atom. The molecule has 4 heteroatoms. The summed E-state index contributed by atoms with van der Waals surface area (Å²) in [6.07, 6.45) is 6.47. The van der Waals surface area contributed by atoms with Crippen LogP contribution in [0.1, 0.15) is 38.2 Å². The van der Waals surface area contributed by atoms with E-state index in [1.165, 1.54) is 18.4 Å². The lowest BCUT2D eigenvalue weighted by Crippen LogP contribution is -2.51. The van der Waals surface area contributed by atoms with Crippen LogP contribution in [0, 0.1) is 17.3 Å². The molecule has 0 aromatic heterocycles. The Balaban J connectivity index is 1.35. The summed E-state index contributed by atoms with van der Waals surface area (Å²) in [6.45, 7) is 3.88. The van der Waals surface area contributed by atoms with E-state index in [4.69, 9.17) is 18.9 Å². The van der Waals surface area contributed by atoms with Crippen LogP contribution in [-0.2, 0) is 20.6 Å². The van der Waals surface area contributed by atoms with E-state index < -0.39 is 0 Å². The van der Waals surface area contributed by atoms with Gasteiger partial charge in [-0.1, -0.05) is 19.1 Å². The molecule has 0 radical (unpaired) electrons. The van der Waals surface area contributed by atoms with Crippen molar-refractivity contribution in [1.29, 1.82) is 0 Å². The lowest BCUT2D eigenvalue weighted by molar-refractivity contribution is -0.233. The van der Waals surface area contributed by atoms with Crippen LogP contribution < -0.4 is 4.74 Å². The monoisotopic (exact) mass is 344 g/mol. The summed E-state index contributed by atoms with van der Waals surface area (Å²) < 4.78 is 23.8. The van der Waals surface area contributed by atoms with Crippen molar-refractivity contribution in [3.8, 4) is 5.75 Å². The average molecular weight is 344 g/mol. The van der Waals surface area contributed by atoms with Crippen molar-refractivity contribution in [3.63, 3.8) is 0 Å². The van der Waals surface area contributed by atoms with Crippen LogP contribution in [0.5, 0.6) is 5.75 Å². The molecule has 5 atom stereocenters. The fourth-order valence-electron chi connectivity index (χ4n) is 6.03. The van der Waals surface area contributed by atoms with E-state index in [0.717, 1.165) is 38.2 Å². The van der Waals surface area contributed by atoms with Crippen molar-refractivity contribution in [3.05, 3.63) is 29.8 Å². The average Bonchev–Trinajstić information content (AvgIpc) is 3.11. The molecule has 4 aliphatic rings. The third kappa shape index (κ3) is 2.37. The first-order chi connectivity index (χ1) is 12.2. The quantitative estimate of drug-likeness (QED) is 0.783. The van der Waals surface area contributed by atoms with Crippen LogP contribution in [-0.4, -0.2) is 38.3 Å². The zero-order valence-electron chi connectivity index (χ0n) is 15.2. The molecule has 5 rings (SSSR count). The van der Waals surface area contributed by atoms with E-state index in [1.807, 2.05) is 6.07 Å². The molecule has 4 fully saturated rings. The highest BCUT2D eigenvalue weighted by molar-refractivity contribution is 5.28. The summed E-state index contributed by atoms with van der Waals surface area (Å²) in [5.74, 6) is 1.85. The summed E-state index contributed by atoms with van der Waals surface area (Å²) in [5.41, 5.74) is 1.45. The minimum absolute atomic E-state index is 0.0974. The van der Waals surface area contributed by atoms with Gasteiger partial charge < -0.3 is 18.9 Å². The van der Waals surface area contributed by atoms with E-state index in [0.29, 0.717) is 24.0 Å². The van der Waals surface area contributed by atoms with E-state index in [9.17, 15) is 0 Å². The summed E-state index contributed by atoms with van der Waals surface area (Å²) in [4.78, 5) is 0. The SMILES string of the molecule is COc1cccc(CC[C@@H]2C3OC3C[C@@]3(C)[C@H]2CCC32OCCO2)c1. The van der Waals surface area contributed by atoms with E-state index in [1.54, 1.807) is 7.11 Å². The molecule has 2 saturated heterocycles. The smallest absolute Gasteiger partial charge is 0.174 e. The van der Waals surface area contributed by atoms with Crippen molar-refractivity contribution >= 4 is 0 Å². The van der Waals surface area contributed by atoms with Crippen molar-refractivity contribution in [2.75, 3.05) is 20.3 Å². The van der Waals surface area contributed by atoms with Gasteiger partial charge in [-0.15, -0.1) is 0 Å². The zero-order chi connectivity index (χ0) is 17.1. The number of fused-ring (bicyclic) bond motifs is 3. The Labute approximate surface area is 149 Å². The highest BCUT2D eigenvalue weighted by Gasteiger charge is 2.70. The minimum Gasteiger partial charge on any atom is -0.497 e. The van der Waals surface area contributed by atoms with Gasteiger partial charge in [0.1, 0.15) is 5.75 Å². The number of rotatable bonds is 4. The molecular formula is C21H28O4. The molecule has 136 valence electrons. The molecule has 0 N–H and O–H groups in total. The number of ether oxygens (including phenoxy) is 4. The lowest BCUT2D eigenvalue weighted by Gasteiger charge is -2.46. The maximum atomic E-state index is 6.19. The maximum absolute atomic E-state index is 6.19. The van der Waals surface area contributed by atoms with Crippen molar-refractivity contribution in [2.24, 2.45) is 17.3 Å². The van der Waals surface area contributed by atoms with Gasteiger partial charge in [0, 0.05) is 11.8 Å². The van der Waals surface area contributed by atoms with Gasteiger partial charge in [-0.05, 0) is 55.2 Å². The third-order valence-corrected chi connectivity index (χ3v) is 7.31. The van der Waals surface area contributed by atoms with Gasteiger partial charge in [-0.25, -0.2) is 0 Å².